The lowest BCUT2D eigenvalue weighted by molar-refractivity contribution is -0.134. The number of nitrogens with zero attached hydrogens (tertiary/aromatic N) is 1. The molecule has 0 aromatic carbocycles. The van der Waals surface area contributed by atoms with E-state index in [0.29, 0.717) is 13.0 Å². The third-order valence-corrected chi connectivity index (χ3v) is 5.33. The van der Waals surface area contributed by atoms with Crippen LogP contribution in [0.4, 0.5) is 4.79 Å². The van der Waals surface area contributed by atoms with Crippen LogP contribution in [0.1, 0.15) is 78.1 Å². The summed E-state index contributed by atoms with van der Waals surface area (Å²) in [5.41, 5.74) is 0.518. The van der Waals surface area contributed by atoms with Crippen LogP contribution in [0, 0.1) is 0 Å². The van der Waals surface area contributed by atoms with E-state index in [9.17, 15) is 14.4 Å². The van der Waals surface area contributed by atoms with Gasteiger partial charge in [-0.25, -0.2) is 4.79 Å². The molecule has 1 heterocycles. The zero-order valence-corrected chi connectivity index (χ0v) is 16.2. The number of urea groups is 1. The largest absolute Gasteiger partial charge is 0.354 e. The Kier molecular flexibility index (Phi) is 7.66. The SMILES string of the molecule is CCCCCC[C@@]1(C)NC(=O)N(CC(=O)NCCC2=CCCCC2)C1=O. The van der Waals surface area contributed by atoms with Gasteiger partial charge in [0.05, 0.1) is 0 Å². The molecule has 1 atom stereocenters. The molecule has 2 aliphatic rings. The van der Waals surface area contributed by atoms with Crippen LogP contribution >= 0.6 is 0 Å². The van der Waals surface area contributed by atoms with Gasteiger partial charge in [0, 0.05) is 6.54 Å². The molecule has 0 bridgehead atoms. The highest BCUT2D eigenvalue weighted by Crippen LogP contribution is 2.24. The van der Waals surface area contributed by atoms with Gasteiger partial charge in [0.15, 0.2) is 0 Å². The van der Waals surface area contributed by atoms with E-state index in [2.05, 4.69) is 23.6 Å². The molecule has 6 heteroatoms. The minimum absolute atomic E-state index is 0.200. The summed E-state index contributed by atoms with van der Waals surface area (Å²) in [5.74, 6) is -0.565. The fourth-order valence-corrected chi connectivity index (χ4v) is 3.66. The van der Waals surface area contributed by atoms with Crippen LogP contribution in [0.15, 0.2) is 11.6 Å². The number of hydrogen-bond acceptors (Lipinski definition) is 3. The molecule has 0 spiro atoms. The summed E-state index contributed by atoms with van der Waals surface area (Å²) in [6.07, 6.45) is 12.6. The van der Waals surface area contributed by atoms with Crippen molar-refractivity contribution >= 4 is 17.8 Å². The van der Waals surface area contributed by atoms with Gasteiger partial charge in [-0.2, -0.15) is 0 Å². The summed E-state index contributed by atoms with van der Waals surface area (Å²) in [7, 11) is 0. The van der Waals surface area contributed by atoms with Crippen LogP contribution in [0.5, 0.6) is 0 Å². The number of rotatable bonds is 10. The third-order valence-electron chi connectivity index (χ3n) is 5.33. The van der Waals surface area contributed by atoms with Crippen LogP contribution < -0.4 is 10.6 Å². The third kappa shape index (κ3) is 5.58. The maximum atomic E-state index is 12.6. The van der Waals surface area contributed by atoms with Crippen LogP contribution in [0.25, 0.3) is 0 Å². The maximum absolute atomic E-state index is 12.6. The maximum Gasteiger partial charge on any atom is 0.325 e. The van der Waals surface area contributed by atoms with Gasteiger partial charge in [-0.3, -0.25) is 14.5 Å². The van der Waals surface area contributed by atoms with Gasteiger partial charge in [-0.05, 0) is 45.4 Å². The zero-order valence-electron chi connectivity index (χ0n) is 16.2. The minimum Gasteiger partial charge on any atom is -0.354 e. The fourth-order valence-electron chi connectivity index (χ4n) is 3.66. The Morgan fingerprint density at radius 3 is 2.77 bits per heavy atom. The Balaban J connectivity index is 1.76. The Bertz CT molecular complexity index is 559. The Morgan fingerprint density at radius 2 is 2.08 bits per heavy atom. The lowest BCUT2D eigenvalue weighted by Gasteiger charge is -2.21. The standard InChI is InChI=1S/C20H33N3O3/c1-3-4-5-9-13-20(2)18(25)23(19(26)22-20)15-17(24)21-14-12-16-10-7-6-8-11-16/h10H,3-9,11-15H2,1-2H3,(H,21,24)(H,22,26)/t20-/m1/s1. The predicted molar refractivity (Wildman–Crippen MR) is 102 cm³/mol. The van der Waals surface area contributed by atoms with Crippen LogP contribution in [-0.2, 0) is 9.59 Å². The smallest absolute Gasteiger partial charge is 0.325 e. The quantitative estimate of drug-likeness (QED) is 0.355. The first-order chi connectivity index (χ1) is 12.5. The van der Waals surface area contributed by atoms with E-state index in [1.54, 1.807) is 6.92 Å². The Hall–Kier alpha value is -1.85. The highest BCUT2D eigenvalue weighted by molar-refractivity contribution is 6.08. The van der Waals surface area contributed by atoms with Crippen molar-refractivity contribution in [2.45, 2.75) is 83.6 Å². The predicted octanol–water partition coefficient (Wildman–Crippen LogP) is 3.27. The fraction of sp³-hybridized carbons (Fsp3) is 0.750. The summed E-state index contributed by atoms with van der Waals surface area (Å²) in [5, 5.41) is 5.60. The van der Waals surface area contributed by atoms with Gasteiger partial charge < -0.3 is 10.6 Å². The van der Waals surface area contributed by atoms with E-state index in [0.717, 1.165) is 49.8 Å². The molecule has 0 unspecified atom stereocenters. The second kappa shape index (κ2) is 9.74. The van der Waals surface area contributed by atoms with Crippen LogP contribution in [-0.4, -0.2) is 41.4 Å². The molecule has 2 N–H and O–H groups in total. The molecule has 2 rings (SSSR count). The molecule has 4 amide bonds. The number of nitrogens with one attached hydrogen (secondary N) is 2. The van der Waals surface area contributed by atoms with Gasteiger partial charge in [0.2, 0.25) is 5.91 Å². The van der Waals surface area contributed by atoms with Crippen molar-refractivity contribution in [2.24, 2.45) is 0 Å². The molecule has 26 heavy (non-hydrogen) atoms. The molecule has 1 aliphatic carbocycles. The van der Waals surface area contributed by atoms with Crippen molar-refractivity contribution in [3.05, 3.63) is 11.6 Å². The number of imide groups is 1. The topological polar surface area (TPSA) is 78.5 Å². The normalized spacial score (nSPS) is 23.0. The molecule has 0 aromatic heterocycles. The lowest BCUT2D eigenvalue weighted by Crippen LogP contribution is -2.45. The minimum atomic E-state index is -0.877. The number of unbranched alkanes of at least 4 members (excludes halogenated alkanes) is 3. The molecule has 0 aromatic rings. The molecule has 0 radical (unpaired) electrons. The highest BCUT2D eigenvalue weighted by Gasteiger charge is 2.47. The van der Waals surface area contributed by atoms with Crippen molar-refractivity contribution in [2.75, 3.05) is 13.1 Å². The summed E-state index contributed by atoms with van der Waals surface area (Å²) < 4.78 is 0. The first kappa shape index (κ1) is 20.5. The van der Waals surface area contributed by atoms with Gasteiger partial charge in [-0.15, -0.1) is 0 Å². The lowest BCUT2D eigenvalue weighted by atomic mass is 9.94. The molecule has 0 saturated carbocycles. The van der Waals surface area contributed by atoms with Gasteiger partial charge >= 0.3 is 6.03 Å². The molecular formula is C20H33N3O3. The van der Waals surface area contributed by atoms with E-state index in [1.807, 2.05) is 0 Å². The van der Waals surface area contributed by atoms with Crippen molar-refractivity contribution in [3.8, 4) is 0 Å². The Labute approximate surface area is 156 Å². The van der Waals surface area contributed by atoms with Crippen LogP contribution in [0.2, 0.25) is 0 Å². The Morgan fingerprint density at radius 1 is 1.27 bits per heavy atom. The zero-order chi connectivity index (χ0) is 19.0. The average Bonchev–Trinajstić information content (AvgIpc) is 2.83. The summed E-state index contributed by atoms with van der Waals surface area (Å²) in [6, 6.07) is -0.460. The second-order valence-electron chi connectivity index (χ2n) is 7.67. The number of allylic oxidation sites excluding steroid dienone is 1. The number of carbonyl (C=O) groups excluding carboxylic acids is 3. The van der Waals surface area contributed by atoms with Crippen molar-refractivity contribution in [3.63, 3.8) is 0 Å². The van der Waals surface area contributed by atoms with E-state index in [1.165, 1.54) is 18.4 Å². The molecule has 146 valence electrons. The molecule has 1 aliphatic heterocycles. The van der Waals surface area contributed by atoms with Gasteiger partial charge in [0.1, 0.15) is 12.1 Å². The summed E-state index contributed by atoms with van der Waals surface area (Å²) >= 11 is 0. The van der Waals surface area contributed by atoms with Gasteiger partial charge in [0.25, 0.3) is 5.91 Å². The van der Waals surface area contributed by atoms with E-state index >= 15 is 0 Å². The molecular weight excluding hydrogens is 330 g/mol. The van der Waals surface area contributed by atoms with E-state index < -0.39 is 11.6 Å². The number of carbonyl (C=O) groups is 3. The summed E-state index contributed by atoms with van der Waals surface area (Å²) in [6.45, 7) is 4.25. The van der Waals surface area contributed by atoms with Crippen molar-refractivity contribution in [1.82, 2.24) is 15.5 Å². The van der Waals surface area contributed by atoms with Crippen LogP contribution in [0.3, 0.4) is 0 Å². The van der Waals surface area contributed by atoms with Crippen molar-refractivity contribution < 1.29 is 14.4 Å². The second-order valence-corrected chi connectivity index (χ2v) is 7.67. The average molecular weight is 364 g/mol. The first-order valence-electron chi connectivity index (χ1n) is 10.0. The molecule has 1 fully saturated rings. The van der Waals surface area contributed by atoms with E-state index in [4.69, 9.17) is 0 Å². The summed E-state index contributed by atoms with van der Waals surface area (Å²) in [4.78, 5) is 38.0. The molecule has 1 saturated heterocycles. The highest BCUT2D eigenvalue weighted by atomic mass is 16.2. The monoisotopic (exact) mass is 363 g/mol. The van der Waals surface area contributed by atoms with Gasteiger partial charge in [-0.1, -0.05) is 44.3 Å². The molecule has 6 nitrogen and oxygen atoms in total. The van der Waals surface area contributed by atoms with Crippen molar-refractivity contribution in [1.29, 1.82) is 0 Å². The van der Waals surface area contributed by atoms with E-state index in [-0.39, 0.29) is 18.4 Å². The first-order valence-corrected chi connectivity index (χ1v) is 10.0. The number of amides is 4. The number of hydrogen-bond donors (Lipinski definition) is 2.